The van der Waals surface area contributed by atoms with Crippen LogP contribution >= 0.6 is 0 Å². The maximum absolute atomic E-state index is 9.25. The van der Waals surface area contributed by atoms with Crippen molar-refractivity contribution in [2.75, 3.05) is 62.4 Å². The Balaban J connectivity index is 0.00000400. The van der Waals surface area contributed by atoms with Gasteiger partial charge in [0.15, 0.2) is 24.8 Å². The number of hydrogen-bond acceptors (Lipinski definition) is 6. The van der Waals surface area contributed by atoms with Crippen molar-refractivity contribution in [1.29, 1.82) is 0 Å². The third kappa shape index (κ3) is 13.4. The fourth-order valence-corrected chi connectivity index (χ4v) is 5.25. The van der Waals surface area contributed by atoms with Gasteiger partial charge in [-0.25, -0.2) is 9.13 Å². The maximum Gasteiger partial charge on any atom is 0.169 e. The zero-order chi connectivity index (χ0) is 32.4. The SMILES string of the molecule is OCCN(CCO)c1ccc(/C=C/c2cc[n+](CCCC[n+]3ccc(/C=C/c4ccc(N(CCO)CCO)cc4)cc3)cc2)cc1.[Cl-].[Cl-]. The molecule has 0 unspecified atom stereocenters. The summed E-state index contributed by atoms with van der Waals surface area (Å²) in [5.41, 5.74) is 6.47. The number of pyridine rings is 2. The zero-order valence-corrected chi connectivity index (χ0v) is 28.9. The van der Waals surface area contributed by atoms with Gasteiger partial charge in [-0.1, -0.05) is 48.6 Å². The van der Waals surface area contributed by atoms with Crippen molar-refractivity contribution in [2.45, 2.75) is 25.9 Å². The van der Waals surface area contributed by atoms with Gasteiger partial charge in [0.1, 0.15) is 13.1 Å². The molecule has 2 aromatic heterocycles. The van der Waals surface area contributed by atoms with E-state index in [1.165, 1.54) is 0 Å². The van der Waals surface area contributed by atoms with E-state index in [0.29, 0.717) is 26.2 Å². The predicted octanol–water partition coefficient (Wildman–Crippen LogP) is -2.33. The molecule has 4 aromatic rings. The molecule has 4 N–H and O–H groups in total. The van der Waals surface area contributed by atoms with Crippen LogP contribution in [0.25, 0.3) is 24.3 Å². The number of halogens is 2. The molecule has 0 saturated carbocycles. The maximum atomic E-state index is 9.25. The molecule has 0 aliphatic carbocycles. The van der Waals surface area contributed by atoms with E-state index in [9.17, 15) is 20.4 Å². The molecule has 4 rings (SSSR count). The summed E-state index contributed by atoms with van der Waals surface area (Å²) in [6.45, 7) is 4.18. The van der Waals surface area contributed by atoms with Crippen molar-refractivity contribution in [3.8, 4) is 0 Å². The molecule has 0 spiro atoms. The lowest BCUT2D eigenvalue weighted by atomic mass is 10.1. The van der Waals surface area contributed by atoms with Gasteiger partial charge in [-0.3, -0.25) is 0 Å². The van der Waals surface area contributed by atoms with Gasteiger partial charge >= 0.3 is 0 Å². The van der Waals surface area contributed by atoms with Crippen LogP contribution in [-0.4, -0.2) is 73.0 Å². The highest BCUT2D eigenvalue weighted by molar-refractivity contribution is 5.71. The summed E-state index contributed by atoms with van der Waals surface area (Å²) in [4.78, 5) is 3.94. The number of rotatable bonds is 19. The van der Waals surface area contributed by atoms with E-state index in [4.69, 9.17) is 0 Å². The lowest BCUT2D eigenvalue weighted by Gasteiger charge is -2.22. The highest BCUT2D eigenvalue weighted by Gasteiger charge is 2.07. The molecule has 0 saturated heterocycles. The van der Waals surface area contributed by atoms with Gasteiger partial charge in [0.25, 0.3) is 0 Å². The standard InChI is InChI=1S/C38H48N4O4.2ClH/c43-29-25-41(26-30-44)37-11-7-33(8-12-37)3-5-35-15-21-39(22-16-35)19-1-2-20-40-23-17-36(18-24-40)6-4-34-9-13-38(14-10-34)42(27-31-45)28-32-46;;/h3-18,21-24,43-46H,1-2,19-20,25-32H2;2*1H/q+2;;/p-2. The molecule has 0 aliphatic heterocycles. The number of aromatic nitrogens is 2. The van der Waals surface area contributed by atoms with E-state index in [1.807, 2.05) is 34.1 Å². The van der Waals surface area contributed by atoms with E-state index in [1.54, 1.807) is 0 Å². The molecule has 0 fully saturated rings. The molecule has 258 valence electrons. The van der Waals surface area contributed by atoms with Crippen molar-refractivity contribution in [3.05, 3.63) is 120 Å². The van der Waals surface area contributed by atoms with Crippen LogP contribution in [0.15, 0.2) is 97.6 Å². The fourth-order valence-electron chi connectivity index (χ4n) is 5.25. The molecule has 48 heavy (non-hydrogen) atoms. The largest absolute Gasteiger partial charge is 1.00 e. The quantitative estimate of drug-likeness (QED) is 0.0651. The van der Waals surface area contributed by atoms with Crippen LogP contribution in [0.4, 0.5) is 11.4 Å². The molecule has 0 aliphatic rings. The van der Waals surface area contributed by atoms with E-state index in [0.717, 1.165) is 59.6 Å². The van der Waals surface area contributed by atoms with Crippen LogP contribution in [0.3, 0.4) is 0 Å². The molecular weight excluding hydrogens is 647 g/mol. The van der Waals surface area contributed by atoms with Crippen LogP contribution in [-0.2, 0) is 13.1 Å². The van der Waals surface area contributed by atoms with Crippen molar-refractivity contribution < 1.29 is 54.4 Å². The smallest absolute Gasteiger partial charge is 0.169 e. The highest BCUT2D eigenvalue weighted by atomic mass is 35.5. The molecule has 0 amide bonds. The first kappa shape index (κ1) is 40.4. The van der Waals surface area contributed by atoms with Gasteiger partial charge in [-0.15, -0.1) is 0 Å². The molecule has 8 nitrogen and oxygen atoms in total. The number of nitrogens with zero attached hydrogens (tertiary/aromatic N) is 4. The van der Waals surface area contributed by atoms with E-state index < -0.39 is 0 Å². The Morgan fingerprint density at radius 1 is 0.417 bits per heavy atom. The first-order valence-corrected chi connectivity index (χ1v) is 16.1. The second-order valence-corrected chi connectivity index (χ2v) is 11.2. The van der Waals surface area contributed by atoms with Gasteiger partial charge in [0.05, 0.1) is 26.4 Å². The first-order chi connectivity index (χ1) is 22.6. The van der Waals surface area contributed by atoms with Gasteiger partial charge in [0.2, 0.25) is 0 Å². The zero-order valence-electron chi connectivity index (χ0n) is 27.4. The Morgan fingerprint density at radius 2 is 0.688 bits per heavy atom. The summed E-state index contributed by atoms with van der Waals surface area (Å²) in [6, 6.07) is 24.8. The summed E-state index contributed by atoms with van der Waals surface area (Å²) < 4.78 is 4.45. The summed E-state index contributed by atoms with van der Waals surface area (Å²) in [6.07, 6.45) is 19.1. The average molecular weight is 696 g/mol. The molecule has 0 radical (unpaired) electrons. The first-order valence-electron chi connectivity index (χ1n) is 16.1. The molecule has 2 aromatic carbocycles. The Labute approximate surface area is 297 Å². The normalized spacial score (nSPS) is 11.0. The highest BCUT2D eigenvalue weighted by Crippen LogP contribution is 2.18. The third-order valence-corrected chi connectivity index (χ3v) is 7.85. The minimum absolute atomic E-state index is 0. The van der Waals surface area contributed by atoms with Gasteiger partial charge in [-0.05, 0) is 46.5 Å². The van der Waals surface area contributed by atoms with Crippen LogP contribution in [0.5, 0.6) is 0 Å². The van der Waals surface area contributed by atoms with E-state index in [2.05, 4.69) is 107 Å². The predicted molar refractivity (Wildman–Crippen MR) is 186 cm³/mol. The number of aliphatic hydroxyl groups excluding tert-OH is 4. The number of unbranched alkanes of at least 4 members (excludes halogenated alkanes) is 1. The van der Waals surface area contributed by atoms with Crippen molar-refractivity contribution >= 4 is 35.7 Å². The Morgan fingerprint density at radius 3 is 0.958 bits per heavy atom. The van der Waals surface area contributed by atoms with Gasteiger partial charge < -0.3 is 55.0 Å². The van der Waals surface area contributed by atoms with Crippen LogP contribution < -0.4 is 43.7 Å². The monoisotopic (exact) mass is 694 g/mol. The molecule has 0 bridgehead atoms. The summed E-state index contributed by atoms with van der Waals surface area (Å²) in [5, 5.41) is 37.0. The minimum Gasteiger partial charge on any atom is -1.00 e. The minimum atomic E-state index is 0. The fraction of sp³-hybridized carbons (Fsp3) is 0.316. The van der Waals surface area contributed by atoms with Crippen LogP contribution in [0.2, 0.25) is 0 Å². The topological polar surface area (TPSA) is 95.2 Å². The number of aryl methyl sites for hydroxylation is 2. The summed E-state index contributed by atoms with van der Waals surface area (Å²) in [5.74, 6) is 0. The van der Waals surface area contributed by atoms with Crippen molar-refractivity contribution in [1.82, 2.24) is 0 Å². The second-order valence-electron chi connectivity index (χ2n) is 11.2. The Kier molecular flexibility index (Phi) is 19.2. The lowest BCUT2D eigenvalue weighted by molar-refractivity contribution is -0.708. The molecule has 2 heterocycles. The number of hydrogen-bond donors (Lipinski definition) is 4. The van der Waals surface area contributed by atoms with Crippen molar-refractivity contribution in [3.63, 3.8) is 0 Å². The Hall–Kier alpha value is -3.76. The Bertz CT molecular complexity index is 1360. The average Bonchev–Trinajstić information content (AvgIpc) is 3.10. The van der Waals surface area contributed by atoms with E-state index in [-0.39, 0.29) is 51.2 Å². The number of anilines is 2. The lowest BCUT2D eigenvalue weighted by Crippen LogP contribution is -3.00. The molecule has 0 atom stereocenters. The van der Waals surface area contributed by atoms with E-state index >= 15 is 0 Å². The van der Waals surface area contributed by atoms with Gasteiger partial charge in [-0.2, -0.15) is 0 Å². The second kappa shape index (κ2) is 22.7. The van der Waals surface area contributed by atoms with Crippen LogP contribution in [0, 0.1) is 0 Å². The molecular formula is C38H48Cl2N4O4. The molecule has 10 heteroatoms. The summed E-state index contributed by atoms with van der Waals surface area (Å²) in [7, 11) is 0. The number of aliphatic hydroxyl groups is 4. The van der Waals surface area contributed by atoms with Crippen LogP contribution in [0.1, 0.15) is 35.1 Å². The summed E-state index contributed by atoms with van der Waals surface area (Å²) >= 11 is 0. The van der Waals surface area contributed by atoms with Crippen molar-refractivity contribution in [2.24, 2.45) is 0 Å². The third-order valence-electron chi connectivity index (χ3n) is 7.85. The van der Waals surface area contributed by atoms with Gasteiger partial charge in [0, 0.05) is 74.7 Å². The number of benzene rings is 2.